The van der Waals surface area contributed by atoms with E-state index in [2.05, 4.69) is 0 Å². The van der Waals surface area contributed by atoms with Gasteiger partial charge < -0.3 is 23.7 Å². The highest BCUT2D eigenvalue weighted by atomic mass is 16.6. The quantitative estimate of drug-likeness (QED) is 0.198. The Morgan fingerprint density at radius 3 is 1.38 bits per heavy atom. The summed E-state index contributed by atoms with van der Waals surface area (Å²) in [5, 5.41) is 0. The van der Waals surface area contributed by atoms with Gasteiger partial charge in [-0.05, 0) is 22.3 Å². The summed E-state index contributed by atoms with van der Waals surface area (Å²) >= 11 is 0. The highest BCUT2D eigenvalue weighted by Gasteiger charge is 2.48. The molecular weight excluding hydrogens is 504 g/mol. The first-order chi connectivity index (χ1) is 19.8. The number of hydrogen-bond acceptors (Lipinski definition) is 6. The normalized spacial score (nSPS) is 20.6. The van der Waals surface area contributed by atoms with Crippen LogP contribution < -0.4 is 0 Å². The number of carbonyl (C=O) groups is 1. The number of hydrogen-bond donors (Lipinski definition) is 0. The minimum Gasteiger partial charge on any atom is -0.455 e. The van der Waals surface area contributed by atoms with Gasteiger partial charge in [-0.15, -0.1) is 0 Å². The highest BCUT2D eigenvalue weighted by molar-refractivity contribution is 5.77. The van der Waals surface area contributed by atoms with Gasteiger partial charge in [-0.1, -0.05) is 121 Å². The third kappa shape index (κ3) is 7.87. The summed E-state index contributed by atoms with van der Waals surface area (Å²) in [5.74, 6) is -0.484. The topological polar surface area (TPSA) is 63.2 Å². The fourth-order valence-electron chi connectivity index (χ4n) is 4.64. The fourth-order valence-corrected chi connectivity index (χ4v) is 4.64. The van der Waals surface area contributed by atoms with Crippen LogP contribution in [0.25, 0.3) is 0 Å². The molecule has 3 unspecified atom stereocenters. The van der Waals surface area contributed by atoms with E-state index in [0.717, 1.165) is 22.3 Å². The predicted octanol–water partition coefficient (Wildman–Crippen LogP) is 5.88. The largest absolute Gasteiger partial charge is 0.455 e. The van der Waals surface area contributed by atoms with Gasteiger partial charge in [0.05, 0.1) is 33.0 Å². The minimum absolute atomic E-state index is 0.163. The van der Waals surface area contributed by atoms with Gasteiger partial charge in [0, 0.05) is 0 Å². The number of rotatable bonds is 13. The maximum Gasteiger partial charge on any atom is 0.338 e. The summed E-state index contributed by atoms with van der Waals surface area (Å²) in [4.78, 5) is 13.4. The molecule has 0 saturated carbocycles. The van der Waals surface area contributed by atoms with Crippen LogP contribution in [0, 0.1) is 0 Å². The summed E-state index contributed by atoms with van der Waals surface area (Å²) in [6.07, 6.45) is -2.95. The highest BCUT2D eigenvalue weighted by Crippen LogP contribution is 2.28. The zero-order chi connectivity index (χ0) is 27.4. The first-order valence-corrected chi connectivity index (χ1v) is 13.5. The van der Waals surface area contributed by atoms with E-state index in [1.807, 2.05) is 121 Å². The van der Waals surface area contributed by atoms with Crippen molar-refractivity contribution in [3.05, 3.63) is 144 Å². The average Bonchev–Trinajstić information content (AvgIpc) is 3.01. The summed E-state index contributed by atoms with van der Waals surface area (Å²) in [6, 6.07) is 39.4. The van der Waals surface area contributed by atoms with Gasteiger partial charge in [0.25, 0.3) is 0 Å². The fraction of sp³-hybridized carbons (Fsp3) is 0.265. The molecule has 5 rings (SSSR count). The lowest BCUT2D eigenvalue weighted by Gasteiger charge is -2.41. The Morgan fingerprint density at radius 2 is 0.900 bits per heavy atom. The van der Waals surface area contributed by atoms with Crippen LogP contribution in [0.15, 0.2) is 121 Å². The Kier molecular flexibility index (Phi) is 10.1. The van der Waals surface area contributed by atoms with E-state index in [0.29, 0.717) is 19.8 Å². The molecular formula is C34H34O6. The Labute approximate surface area is 235 Å². The van der Waals surface area contributed by atoms with Crippen LogP contribution in [0.1, 0.15) is 22.3 Å². The van der Waals surface area contributed by atoms with E-state index in [1.54, 1.807) is 0 Å². The van der Waals surface area contributed by atoms with Gasteiger partial charge in [-0.3, -0.25) is 0 Å². The van der Waals surface area contributed by atoms with Crippen molar-refractivity contribution in [3.8, 4) is 0 Å². The molecule has 0 amide bonds. The second-order valence-electron chi connectivity index (χ2n) is 9.72. The number of cyclic esters (lactones) is 1. The van der Waals surface area contributed by atoms with E-state index >= 15 is 0 Å². The monoisotopic (exact) mass is 538 g/mol. The molecule has 4 atom stereocenters. The predicted molar refractivity (Wildman–Crippen MR) is 151 cm³/mol. The van der Waals surface area contributed by atoms with E-state index in [-0.39, 0.29) is 13.2 Å². The molecule has 0 aromatic heterocycles. The lowest BCUT2D eigenvalue weighted by Crippen LogP contribution is -2.59. The number of ether oxygens (including phenoxy) is 5. The van der Waals surface area contributed by atoms with Crippen LogP contribution >= 0.6 is 0 Å². The van der Waals surface area contributed by atoms with Gasteiger partial charge in [-0.2, -0.15) is 0 Å². The maximum atomic E-state index is 13.4. The van der Waals surface area contributed by atoms with E-state index in [1.165, 1.54) is 0 Å². The third-order valence-electron chi connectivity index (χ3n) is 6.73. The average molecular weight is 539 g/mol. The van der Waals surface area contributed by atoms with Crippen molar-refractivity contribution in [2.24, 2.45) is 0 Å². The van der Waals surface area contributed by atoms with Crippen LogP contribution in [0.2, 0.25) is 0 Å². The van der Waals surface area contributed by atoms with Crippen molar-refractivity contribution >= 4 is 5.97 Å². The molecule has 0 N–H and O–H groups in total. The van der Waals surface area contributed by atoms with Crippen molar-refractivity contribution in [1.82, 2.24) is 0 Å². The van der Waals surface area contributed by atoms with Crippen molar-refractivity contribution in [2.45, 2.75) is 50.8 Å². The minimum atomic E-state index is -0.963. The van der Waals surface area contributed by atoms with Gasteiger partial charge in [0.1, 0.15) is 12.2 Å². The van der Waals surface area contributed by atoms with Gasteiger partial charge >= 0.3 is 5.97 Å². The Hall–Kier alpha value is -3.81. The number of benzene rings is 4. The smallest absolute Gasteiger partial charge is 0.338 e. The molecule has 1 aliphatic rings. The standard InChI is InChI=1S/C34H34O6/c35-34-33(39-24-29-19-11-4-12-20-29)32(38-23-28-17-9-3-10-18-28)31(37-22-27-15-7-2-8-16-27)30(40-34)25-36-21-26-13-5-1-6-14-26/h1-20,30-33H,21-25H2/t30?,31-,32?,33?/m0/s1. The van der Waals surface area contributed by atoms with Gasteiger partial charge in [-0.25, -0.2) is 4.79 Å². The van der Waals surface area contributed by atoms with Crippen molar-refractivity contribution in [2.75, 3.05) is 6.61 Å². The molecule has 6 heteroatoms. The molecule has 1 heterocycles. The molecule has 1 aliphatic heterocycles. The summed E-state index contributed by atoms with van der Waals surface area (Å²) in [5.41, 5.74) is 3.98. The molecule has 4 aromatic carbocycles. The maximum absolute atomic E-state index is 13.4. The zero-order valence-corrected chi connectivity index (χ0v) is 22.3. The Morgan fingerprint density at radius 1 is 0.500 bits per heavy atom. The van der Waals surface area contributed by atoms with Crippen LogP contribution in [0.4, 0.5) is 0 Å². The summed E-state index contributed by atoms with van der Waals surface area (Å²) < 4.78 is 31.0. The molecule has 40 heavy (non-hydrogen) atoms. The summed E-state index contributed by atoms with van der Waals surface area (Å²) in [7, 11) is 0. The third-order valence-corrected chi connectivity index (χ3v) is 6.73. The van der Waals surface area contributed by atoms with Crippen LogP contribution in [0.3, 0.4) is 0 Å². The molecule has 0 spiro atoms. The molecule has 1 fully saturated rings. The first kappa shape index (κ1) is 27.7. The van der Waals surface area contributed by atoms with Gasteiger partial charge in [0.2, 0.25) is 0 Å². The van der Waals surface area contributed by atoms with Crippen molar-refractivity contribution < 1.29 is 28.5 Å². The first-order valence-electron chi connectivity index (χ1n) is 13.5. The molecule has 4 aromatic rings. The second kappa shape index (κ2) is 14.5. The van der Waals surface area contributed by atoms with Crippen LogP contribution in [-0.2, 0) is 54.9 Å². The Balaban J connectivity index is 1.36. The lowest BCUT2D eigenvalue weighted by atomic mass is 9.98. The van der Waals surface area contributed by atoms with Gasteiger partial charge in [0.15, 0.2) is 12.2 Å². The lowest BCUT2D eigenvalue weighted by molar-refractivity contribution is -0.239. The SMILES string of the molecule is O=C1OC(COCc2ccccc2)[C@H](OCc2ccccc2)C(OCc2ccccc2)C1OCc1ccccc1. The number of carbonyl (C=O) groups excluding carboxylic acids is 1. The molecule has 206 valence electrons. The molecule has 0 aliphatic carbocycles. The van der Waals surface area contributed by atoms with E-state index in [4.69, 9.17) is 23.7 Å². The van der Waals surface area contributed by atoms with E-state index in [9.17, 15) is 4.79 Å². The molecule has 6 nitrogen and oxygen atoms in total. The van der Waals surface area contributed by atoms with Crippen molar-refractivity contribution in [1.29, 1.82) is 0 Å². The Bertz CT molecular complexity index is 1280. The van der Waals surface area contributed by atoms with Crippen molar-refractivity contribution in [3.63, 3.8) is 0 Å². The second-order valence-corrected chi connectivity index (χ2v) is 9.72. The summed E-state index contributed by atoms with van der Waals surface area (Å²) in [6.45, 7) is 1.43. The van der Waals surface area contributed by atoms with Crippen LogP contribution in [0.5, 0.6) is 0 Å². The number of esters is 1. The molecule has 0 radical (unpaired) electrons. The molecule has 1 saturated heterocycles. The molecule has 0 bridgehead atoms. The zero-order valence-electron chi connectivity index (χ0n) is 22.3. The van der Waals surface area contributed by atoms with E-state index < -0.39 is 30.4 Å². The van der Waals surface area contributed by atoms with Crippen LogP contribution in [-0.4, -0.2) is 37.0 Å².